The number of carbonyl (C=O) groups excluding carboxylic acids is 4. The fourth-order valence-corrected chi connectivity index (χ4v) is 4.50. The number of fused-ring (bicyclic) bond motifs is 2. The molecule has 0 aromatic heterocycles. The van der Waals surface area contributed by atoms with Crippen molar-refractivity contribution in [2.45, 2.75) is 12.1 Å². The summed E-state index contributed by atoms with van der Waals surface area (Å²) >= 11 is 0. The number of ether oxygens (including phenoxy) is 2. The average molecular weight is 480 g/mol. The first-order valence-electron chi connectivity index (χ1n) is 10.5. The van der Waals surface area contributed by atoms with Gasteiger partial charge >= 0.3 is 18.1 Å². The molecule has 2 aliphatic rings. The zero-order valence-corrected chi connectivity index (χ0v) is 17.7. The van der Waals surface area contributed by atoms with Crippen molar-refractivity contribution in [3.05, 3.63) is 95.1 Å². The molecular weight excluding hydrogens is 465 g/mol. The molecule has 0 N–H and O–H groups in total. The quantitative estimate of drug-likeness (QED) is 0.309. The average Bonchev–Trinajstić information content (AvgIpc) is 2.82. The summed E-state index contributed by atoms with van der Waals surface area (Å²) < 4.78 is 50.1. The molecule has 3 aromatic carbocycles. The van der Waals surface area contributed by atoms with Crippen molar-refractivity contribution in [1.82, 2.24) is 0 Å². The Hall–Kier alpha value is -4.27. The molecule has 6 nitrogen and oxygen atoms in total. The predicted molar refractivity (Wildman–Crippen MR) is 114 cm³/mol. The van der Waals surface area contributed by atoms with Crippen LogP contribution in [0.4, 0.5) is 13.2 Å². The minimum atomic E-state index is -4.63. The third-order valence-electron chi connectivity index (χ3n) is 6.14. The second kappa shape index (κ2) is 8.19. The molecule has 35 heavy (non-hydrogen) atoms. The normalized spacial score (nSPS) is 20.4. The first kappa shape index (κ1) is 22.5. The van der Waals surface area contributed by atoms with E-state index in [1.54, 1.807) is 24.3 Å². The van der Waals surface area contributed by atoms with Gasteiger partial charge in [-0.1, -0.05) is 36.4 Å². The van der Waals surface area contributed by atoms with Gasteiger partial charge in [-0.05, 0) is 42.0 Å². The van der Waals surface area contributed by atoms with E-state index < -0.39 is 53.0 Å². The van der Waals surface area contributed by atoms with Crippen molar-refractivity contribution < 1.29 is 41.8 Å². The molecule has 2 atom stereocenters. The van der Waals surface area contributed by atoms with E-state index in [2.05, 4.69) is 0 Å². The minimum Gasteiger partial charge on any atom is -0.425 e. The highest BCUT2D eigenvalue weighted by Gasteiger charge is 2.52. The molecule has 0 bridgehead atoms. The molecule has 176 valence electrons. The number of alkyl halides is 3. The first-order chi connectivity index (χ1) is 16.7. The van der Waals surface area contributed by atoms with Crippen molar-refractivity contribution >= 4 is 23.5 Å². The van der Waals surface area contributed by atoms with Crippen molar-refractivity contribution in [3.63, 3.8) is 0 Å². The van der Waals surface area contributed by atoms with E-state index in [1.807, 2.05) is 0 Å². The third kappa shape index (κ3) is 3.78. The Morgan fingerprint density at radius 1 is 0.629 bits per heavy atom. The molecule has 9 heteroatoms. The molecule has 2 unspecified atom stereocenters. The molecule has 3 aromatic rings. The van der Waals surface area contributed by atoms with Crippen LogP contribution in [0, 0.1) is 11.8 Å². The van der Waals surface area contributed by atoms with Crippen molar-refractivity contribution in [3.8, 4) is 11.5 Å². The molecule has 2 aliphatic heterocycles. The Kier molecular flexibility index (Phi) is 5.27. The second-order valence-corrected chi connectivity index (χ2v) is 8.16. The van der Waals surface area contributed by atoms with Gasteiger partial charge in [-0.15, -0.1) is 0 Å². The van der Waals surface area contributed by atoms with E-state index in [1.165, 1.54) is 24.3 Å². The molecular formula is C26H15F3O6. The van der Waals surface area contributed by atoms with E-state index in [0.29, 0.717) is 0 Å². The van der Waals surface area contributed by atoms with Crippen LogP contribution >= 0.6 is 0 Å². The van der Waals surface area contributed by atoms with Gasteiger partial charge in [0.05, 0.1) is 16.7 Å². The lowest BCUT2D eigenvalue weighted by Crippen LogP contribution is -2.46. The number of esters is 2. The van der Waals surface area contributed by atoms with Crippen molar-refractivity contribution in [2.75, 3.05) is 0 Å². The number of para-hydroxylation sites is 2. The van der Waals surface area contributed by atoms with Gasteiger partial charge in [0.25, 0.3) is 0 Å². The molecule has 5 rings (SSSR count). The predicted octanol–water partition coefficient (Wildman–Crippen LogP) is 4.63. The summed E-state index contributed by atoms with van der Waals surface area (Å²) in [5.74, 6) is -8.18. The van der Waals surface area contributed by atoms with Gasteiger partial charge in [0.15, 0.2) is 11.6 Å². The summed E-state index contributed by atoms with van der Waals surface area (Å²) in [7, 11) is 0. The molecule has 2 heterocycles. The van der Waals surface area contributed by atoms with Crippen LogP contribution in [0.5, 0.6) is 11.5 Å². The van der Waals surface area contributed by atoms with Crippen LogP contribution in [0.25, 0.3) is 0 Å². The Morgan fingerprint density at radius 2 is 1.06 bits per heavy atom. The Bertz CT molecular complexity index is 1300. The van der Waals surface area contributed by atoms with E-state index in [9.17, 15) is 32.3 Å². The molecule has 0 saturated carbocycles. The van der Waals surface area contributed by atoms with Gasteiger partial charge < -0.3 is 9.47 Å². The van der Waals surface area contributed by atoms with Gasteiger partial charge in [-0.25, -0.2) is 0 Å². The van der Waals surface area contributed by atoms with E-state index in [0.717, 1.165) is 24.3 Å². The van der Waals surface area contributed by atoms with Gasteiger partial charge in [0.2, 0.25) is 0 Å². The summed E-state index contributed by atoms with van der Waals surface area (Å²) in [5, 5.41) is 0. The number of carbonyl (C=O) groups is 4. The minimum absolute atomic E-state index is 0.0161. The zero-order valence-electron chi connectivity index (χ0n) is 17.7. The largest absolute Gasteiger partial charge is 0.425 e. The number of benzene rings is 3. The van der Waals surface area contributed by atoms with Gasteiger partial charge in [0.1, 0.15) is 23.3 Å². The third-order valence-corrected chi connectivity index (χ3v) is 6.14. The van der Waals surface area contributed by atoms with Crippen LogP contribution in [-0.4, -0.2) is 23.5 Å². The lowest BCUT2D eigenvalue weighted by atomic mass is 9.70. The van der Waals surface area contributed by atoms with Crippen LogP contribution in [0.15, 0.2) is 72.8 Å². The standard InChI is InChI=1S/C26H15F3O6/c27-26(28,29)14-11-9-13(10-12-14)19(20-22(30)15-5-1-3-7-17(15)34-24(20)32)21-23(31)16-6-2-4-8-18(16)35-25(21)33/h1-12,19-21H. The summed E-state index contributed by atoms with van der Waals surface area (Å²) in [6, 6.07) is 15.6. The lowest BCUT2D eigenvalue weighted by molar-refractivity contribution is -0.142. The Morgan fingerprint density at radius 3 is 1.49 bits per heavy atom. The monoisotopic (exact) mass is 480 g/mol. The Balaban J connectivity index is 1.66. The lowest BCUT2D eigenvalue weighted by Gasteiger charge is -2.34. The number of ketones is 2. The SMILES string of the molecule is O=C1Oc2ccccc2C(=O)C1C(c1ccc(C(F)(F)F)cc1)C1C(=O)Oc2ccccc2C1=O. The van der Waals surface area contributed by atoms with E-state index in [4.69, 9.17) is 9.47 Å². The maximum absolute atomic E-state index is 13.4. The van der Waals surface area contributed by atoms with Crippen LogP contribution in [0.1, 0.15) is 37.8 Å². The Labute approximate surface area is 196 Å². The molecule has 0 fully saturated rings. The second-order valence-electron chi connectivity index (χ2n) is 8.16. The summed E-state index contributed by atoms with van der Waals surface area (Å²) in [4.78, 5) is 52.9. The summed E-state index contributed by atoms with van der Waals surface area (Å²) in [5.41, 5.74) is -0.828. The van der Waals surface area contributed by atoms with Gasteiger partial charge in [-0.3, -0.25) is 19.2 Å². The van der Waals surface area contributed by atoms with Gasteiger partial charge in [-0.2, -0.15) is 13.2 Å². The smallest absolute Gasteiger partial charge is 0.416 e. The number of halogens is 3. The number of hydrogen-bond donors (Lipinski definition) is 0. The zero-order chi connectivity index (χ0) is 24.9. The highest BCUT2D eigenvalue weighted by Crippen LogP contribution is 2.44. The summed E-state index contributed by atoms with van der Waals surface area (Å²) in [6.45, 7) is 0. The first-order valence-corrected chi connectivity index (χ1v) is 10.5. The van der Waals surface area contributed by atoms with E-state index >= 15 is 0 Å². The fourth-order valence-electron chi connectivity index (χ4n) is 4.50. The van der Waals surface area contributed by atoms with Crippen LogP contribution in [0.3, 0.4) is 0 Å². The molecule has 0 aliphatic carbocycles. The maximum Gasteiger partial charge on any atom is 0.416 e. The van der Waals surface area contributed by atoms with Crippen LogP contribution in [0.2, 0.25) is 0 Å². The van der Waals surface area contributed by atoms with Gasteiger partial charge in [0, 0.05) is 5.92 Å². The van der Waals surface area contributed by atoms with Crippen LogP contribution in [-0.2, 0) is 15.8 Å². The highest BCUT2D eigenvalue weighted by molar-refractivity contribution is 6.18. The fraction of sp³-hybridized carbons (Fsp3) is 0.154. The number of rotatable bonds is 3. The van der Waals surface area contributed by atoms with E-state index in [-0.39, 0.29) is 28.2 Å². The topological polar surface area (TPSA) is 86.7 Å². The molecule has 0 saturated heterocycles. The molecule has 0 amide bonds. The molecule has 0 spiro atoms. The maximum atomic E-state index is 13.4. The highest BCUT2D eigenvalue weighted by atomic mass is 19.4. The number of hydrogen-bond acceptors (Lipinski definition) is 6. The molecule has 0 radical (unpaired) electrons. The van der Waals surface area contributed by atoms with Crippen LogP contribution < -0.4 is 9.47 Å². The van der Waals surface area contributed by atoms with Crippen molar-refractivity contribution in [1.29, 1.82) is 0 Å². The summed E-state index contributed by atoms with van der Waals surface area (Å²) in [6.07, 6.45) is -4.63. The van der Waals surface area contributed by atoms with Crippen molar-refractivity contribution in [2.24, 2.45) is 11.8 Å². The number of Topliss-reactive ketones (excluding diaryl/α,β-unsaturated/α-hetero) is 2.